The molecule has 0 radical (unpaired) electrons. The molecule has 0 bridgehead atoms. The SMILES string of the molecule is Cc1c(Cl)nc(C2CC2)nc1NC(C)CS(C)(=O)=O. The number of aromatic nitrogens is 2. The Hall–Kier alpha value is -0.880. The highest BCUT2D eigenvalue weighted by atomic mass is 35.5. The van der Waals surface area contributed by atoms with Gasteiger partial charge in [0.1, 0.15) is 26.6 Å². The molecule has 5 nitrogen and oxygen atoms in total. The number of hydrogen-bond acceptors (Lipinski definition) is 5. The molecule has 1 N–H and O–H groups in total. The summed E-state index contributed by atoms with van der Waals surface area (Å²) in [7, 11) is -3.02. The summed E-state index contributed by atoms with van der Waals surface area (Å²) in [6.07, 6.45) is 3.41. The Morgan fingerprint density at radius 2 is 2.05 bits per heavy atom. The largest absolute Gasteiger partial charge is 0.366 e. The molecule has 1 fully saturated rings. The molecule has 0 aliphatic heterocycles. The molecule has 19 heavy (non-hydrogen) atoms. The van der Waals surface area contributed by atoms with Gasteiger partial charge >= 0.3 is 0 Å². The average Bonchev–Trinajstić information content (AvgIpc) is 3.05. The van der Waals surface area contributed by atoms with Crippen molar-refractivity contribution in [2.45, 2.75) is 38.6 Å². The normalized spacial score (nSPS) is 17.3. The summed E-state index contributed by atoms with van der Waals surface area (Å²) in [6.45, 7) is 3.64. The van der Waals surface area contributed by atoms with Crippen molar-refractivity contribution in [3.05, 3.63) is 16.5 Å². The van der Waals surface area contributed by atoms with Gasteiger partial charge in [-0.1, -0.05) is 11.6 Å². The number of rotatable bonds is 5. The van der Waals surface area contributed by atoms with Crippen molar-refractivity contribution >= 4 is 27.3 Å². The first kappa shape index (κ1) is 14.5. The fourth-order valence-corrected chi connectivity index (χ4v) is 3.07. The Balaban J connectivity index is 2.19. The molecule has 0 aromatic carbocycles. The van der Waals surface area contributed by atoms with Gasteiger partial charge in [0.15, 0.2) is 0 Å². The summed E-state index contributed by atoms with van der Waals surface area (Å²) in [5, 5.41) is 3.55. The number of sulfone groups is 1. The molecule has 106 valence electrons. The standard InChI is InChI=1S/C12H18ClN3O2S/c1-7(6-19(3,17)18)14-11-8(2)10(13)15-12(16-11)9-4-5-9/h7,9H,4-6H2,1-3H3,(H,14,15,16). The molecule has 1 unspecified atom stereocenters. The van der Waals surface area contributed by atoms with Crippen LogP contribution in [0, 0.1) is 6.92 Å². The lowest BCUT2D eigenvalue weighted by Crippen LogP contribution is -2.26. The second-order valence-electron chi connectivity index (χ2n) is 5.26. The van der Waals surface area contributed by atoms with Crippen LogP contribution in [0.1, 0.15) is 37.1 Å². The van der Waals surface area contributed by atoms with Crippen molar-refractivity contribution < 1.29 is 8.42 Å². The molecule has 0 amide bonds. The third-order valence-electron chi connectivity index (χ3n) is 2.98. The lowest BCUT2D eigenvalue weighted by atomic mass is 10.3. The van der Waals surface area contributed by atoms with E-state index in [1.54, 1.807) is 0 Å². The van der Waals surface area contributed by atoms with E-state index < -0.39 is 9.84 Å². The van der Waals surface area contributed by atoms with Crippen LogP contribution in [0.3, 0.4) is 0 Å². The molecular formula is C12H18ClN3O2S. The summed E-state index contributed by atoms with van der Waals surface area (Å²) in [4.78, 5) is 8.74. The minimum absolute atomic E-state index is 0.0623. The van der Waals surface area contributed by atoms with Crippen LogP contribution in [0.25, 0.3) is 0 Å². The fraction of sp³-hybridized carbons (Fsp3) is 0.667. The smallest absolute Gasteiger partial charge is 0.149 e. The van der Waals surface area contributed by atoms with Crippen LogP contribution in [-0.2, 0) is 9.84 Å². The first-order chi connectivity index (χ1) is 8.76. The zero-order valence-electron chi connectivity index (χ0n) is 11.3. The van der Waals surface area contributed by atoms with Crippen LogP contribution in [0.2, 0.25) is 5.15 Å². The molecule has 1 aromatic rings. The third-order valence-corrected chi connectivity index (χ3v) is 4.46. The van der Waals surface area contributed by atoms with E-state index in [9.17, 15) is 8.42 Å². The van der Waals surface area contributed by atoms with E-state index in [0.29, 0.717) is 16.9 Å². The Labute approximate surface area is 118 Å². The van der Waals surface area contributed by atoms with E-state index in [-0.39, 0.29) is 11.8 Å². The van der Waals surface area contributed by atoms with Gasteiger partial charge in [0, 0.05) is 23.8 Å². The van der Waals surface area contributed by atoms with Gasteiger partial charge in [-0.25, -0.2) is 18.4 Å². The topological polar surface area (TPSA) is 72.0 Å². The van der Waals surface area contributed by atoms with Gasteiger partial charge in [0.05, 0.1) is 5.75 Å². The maximum Gasteiger partial charge on any atom is 0.149 e. The van der Waals surface area contributed by atoms with Crippen LogP contribution < -0.4 is 5.32 Å². The van der Waals surface area contributed by atoms with E-state index >= 15 is 0 Å². The van der Waals surface area contributed by atoms with E-state index in [1.807, 2.05) is 13.8 Å². The zero-order valence-corrected chi connectivity index (χ0v) is 12.8. The Kier molecular flexibility index (Phi) is 4.01. The molecule has 0 spiro atoms. The number of halogens is 1. The number of anilines is 1. The van der Waals surface area contributed by atoms with Gasteiger partial charge in [0.2, 0.25) is 0 Å². The minimum Gasteiger partial charge on any atom is -0.366 e. The highest BCUT2D eigenvalue weighted by Gasteiger charge is 2.28. The Morgan fingerprint density at radius 3 is 2.58 bits per heavy atom. The molecular weight excluding hydrogens is 286 g/mol. The van der Waals surface area contributed by atoms with Crippen molar-refractivity contribution in [2.24, 2.45) is 0 Å². The maximum atomic E-state index is 11.3. The van der Waals surface area contributed by atoms with Gasteiger partial charge < -0.3 is 5.32 Å². The number of nitrogens with one attached hydrogen (secondary N) is 1. The second kappa shape index (κ2) is 5.25. The Morgan fingerprint density at radius 1 is 1.42 bits per heavy atom. The molecule has 7 heteroatoms. The van der Waals surface area contributed by atoms with Gasteiger partial charge in [0.25, 0.3) is 0 Å². The lowest BCUT2D eigenvalue weighted by Gasteiger charge is -2.16. The molecule has 2 rings (SSSR count). The van der Waals surface area contributed by atoms with Gasteiger partial charge in [-0.2, -0.15) is 0 Å². The number of hydrogen-bond donors (Lipinski definition) is 1. The molecule has 0 saturated heterocycles. The summed E-state index contributed by atoms with van der Waals surface area (Å²) in [6, 6.07) is -0.216. The zero-order chi connectivity index (χ0) is 14.2. The van der Waals surface area contributed by atoms with E-state index in [4.69, 9.17) is 11.6 Å². The predicted octanol–water partition coefficient (Wildman–Crippen LogP) is 2.16. The quantitative estimate of drug-likeness (QED) is 0.844. The fourth-order valence-electron chi connectivity index (χ4n) is 1.90. The van der Waals surface area contributed by atoms with E-state index in [0.717, 1.165) is 24.2 Å². The molecule has 1 heterocycles. The van der Waals surface area contributed by atoms with Crippen molar-refractivity contribution in [2.75, 3.05) is 17.3 Å². The molecule has 1 atom stereocenters. The first-order valence-corrected chi connectivity index (χ1v) is 8.68. The third kappa shape index (κ3) is 4.04. The van der Waals surface area contributed by atoms with Crippen LogP contribution in [0.5, 0.6) is 0 Å². The lowest BCUT2D eigenvalue weighted by molar-refractivity contribution is 0.598. The summed E-state index contributed by atoms with van der Waals surface area (Å²) in [5.41, 5.74) is 0.756. The van der Waals surface area contributed by atoms with Crippen molar-refractivity contribution in [3.8, 4) is 0 Å². The highest BCUT2D eigenvalue weighted by molar-refractivity contribution is 7.90. The van der Waals surface area contributed by atoms with Crippen LogP contribution >= 0.6 is 11.6 Å². The summed E-state index contributed by atoms with van der Waals surface area (Å²) in [5.74, 6) is 1.86. The van der Waals surface area contributed by atoms with Gasteiger partial charge in [-0.15, -0.1) is 0 Å². The summed E-state index contributed by atoms with van der Waals surface area (Å²) >= 11 is 6.10. The van der Waals surface area contributed by atoms with E-state index in [2.05, 4.69) is 15.3 Å². The van der Waals surface area contributed by atoms with Crippen molar-refractivity contribution in [1.29, 1.82) is 0 Å². The highest BCUT2D eigenvalue weighted by Crippen LogP contribution is 2.39. The van der Waals surface area contributed by atoms with Crippen LogP contribution in [0.15, 0.2) is 0 Å². The molecule has 1 aliphatic carbocycles. The average molecular weight is 304 g/mol. The van der Waals surface area contributed by atoms with Gasteiger partial charge in [-0.3, -0.25) is 0 Å². The Bertz CT molecular complexity index is 585. The maximum absolute atomic E-state index is 11.3. The van der Waals surface area contributed by atoms with Crippen LogP contribution in [0.4, 0.5) is 5.82 Å². The second-order valence-corrected chi connectivity index (χ2v) is 7.80. The molecule has 1 aromatic heterocycles. The first-order valence-electron chi connectivity index (χ1n) is 6.24. The predicted molar refractivity (Wildman–Crippen MR) is 76.5 cm³/mol. The molecule has 1 saturated carbocycles. The van der Waals surface area contributed by atoms with Gasteiger partial charge in [-0.05, 0) is 26.7 Å². The monoisotopic (exact) mass is 303 g/mol. The van der Waals surface area contributed by atoms with Crippen molar-refractivity contribution in [3.63, 3.8) is 0 Å². The minimum atomic E-state index is -3.02. The van der Waals surface area contributed by atoms with Crippen LogP contribution in [-0.4, -0.2) is 36.4 Å². The molecule has 1 aliphatic rings. The van der Waals surface area contributed by atoms with E-state index in [1.165, 1.54) is 6.26 Å². The van der Waals surface area contributed by atoms with Crippen molar-refractivity contribution in [1.82, 2.24) is 9.97 Å². The summed E-state index contributed by atoms with van der Waals surface area (Å²) < 4.78 is 22.5. The number of nitrogens with zero attached hydrogens (tertiary/aromatic N) is 2.